The number of halogens is 4. The van der Waals surface area contributed by atoms with Gasteiger partial charge in [0, 0.05) is 6.42 Å². The maximum atomic E-state index is 12.9. The molecular formula is C13H14F4O. The molecule has 0 aromatic heterocycles. The van der Waals surface area contributed by atoms with Crippen LogP contribution < -0.4 is 0 Å². The Morgan fingerprint density at radius 3 is 2.22 bits per heavy atom. The first-order valence-electron chi connectivity index (χ1n) is 5.41. The largest absolute Gasteiger partial charge is 0.450 e. The van der Waals surface area contributed by atoms with Gasteiger partial charge in [0.2, 0.25) is 5.78 Å². The number of hydrogen-bond donors (Lipinski definition) is 0. The summed E-state index contributed by atoms with van der Waals surface area (Å²) >= 11 is 0. The van der Waals surface area contributed by atoms with E-state index in [1.165, 1.54) is 32.0 Å². The van der Waals surface area contributed by atoms with E-state index in [0.29, 0.717) is 11.1 Å². The van der Waals surface area contributed by atoms with E-state index in [4.69, 9.17) is 0 Å². The Kier molecular flexibility index (Phi) is 3.84. The molecule has 1 nitrogen and oxygen atoms in total. The predicted molar refractivity (Wildman–Crippen MR) is 59.8 cm³/mol. The maximum absolute atomic E-state index is 12.9. The highest BCUT2D eigenvalue weighted by Gasteiger charge is 2.41. The SMILES string of the molecule is Cc1cc(F)ccc1C(C)(C)CC(=O)C(F)(F)F. The lowest BCUT2D eigenvalue weighted by Crippen LogP contribution is -2.31. The number of benzene rings is 1. The molecule has 0 aliphatic heterocycles. The summed E-state index contributed by atoms with van der Waals surface area (Å²) in [5, 5.41) is 0. The summed E-state index contributed by atoms with van der Waals surface area (Å²) in [4.78, 5) is 11.0. The lowest BCUT2D eigenvalue weighted by atomic mass is 9.78. The van der Waals surface area contributed by atoms with Crippen LogP contribution in [0.15, 0.2) is 18.2 Å². The molecule has 0 bridgehead atoms. The highest BCUT2D eigenvalue weighted by Crippen LogP contribution is 2.33. The minimum atomic E-state index is -4.83. The molecule has 0 amide bonds. The lowest BCUT2D eigenvalue weighted by molar-refractivity contribution is -0.172. The monoisotopic (exact) mass is 262 g/mol. The second kappa shape index (κ2) is 4.71. The Labute approximate surface area is 103 Å². The van der Waals surface area contributed by atoms with Crippen molar-refractivity contribution < 1.29 is 22.4 Å². The van der Waals surface area contributed by atoms with Gasteiger partial charge in [-0.15, -0.1) is 0 Å². The molecule has 0 spiro atoms. The molecule has 0 atom stereocenters. The average Bonchev–Trinajstić information content (AvgIpc) is 2.14. The molecule has 0 saturated carbocycles. The molecule has 5 heteroatoms. The van der Waals surface area contributed by atoms with Crippen LogP contribution in [0.3, 0.4) is 0 Å². The molecule has 0 saturated heterocycles. The van der Waals surface area contributed by atoms with Crippen LogP contribution in [0.2, 0.25) is 0 Å². The summed E-state index contributed by atoms with van der Waals surface area (Å²) in [5.41, 5.74) is 0.0983. The topological polar surface area (TPSA) is 17.1 Å². The van der Waals surface area contributed by atoms with E-state index >= 15 is 0 Å². The van der Waals surface area contributed by atoms with Gasteiger partial charge in [-0.2, -0.15) is 13.2 Å². The van der Waals surface area contributed by atoms with Gasteiger partial charge in [-0.05, 0) is 35.6 Å². The lowest BCUT2D eigenvalue weighted by Gasteiger charge is -2.26. The summed E-state index contributed by atoms with van der Waals surface area (Å²) in [7, 11) is 0. The summed E-state index contributed by atoms with van der Waals surface area (Å²) in [6, 6.07) is 3.85. The number of carbonyl (C=O) groups is 1. The van der Waals surface area contributed by atoms with Gasteiger partial charge in [0.15, 0.2) is 0 Å². The fourth-order valence-corrected chi connectivity index (χ4v) is 1.98. The van der Waals surface area contributed by atoms with Gasteiger partial charge < -0.3 is 0 Å². The first-order chi connectivity index (χ1) is 8.04. The van der Waals surface area contributed by atoms with Crippen molar-refractivity contribution in [2.45, 2.75) is 38.8 Å². The van der Waals surface area contributed by atoms with Crippen LogP contribution in [0.5, 0.6) is 0 Å². The molecule has 1 aromatic carbocycles. The van der Waals surface area contributed by atoms with Gasteiger partial charge in [-0.25, -0.2) is 4.39 Å². The van der Waals surface area contributed by atoms with Gasteiger partial charge in [-0.1, -0.05) is 19.9 Å². The molecule has 0 aliphatic rings. The third-order valence-electron chi connectivity index (χ3n) is 2.84. The van der Waals surface area contributed by atoms with E-state index in [1.807, 2.05) is 0 Å². The number of alkyl halides is 3. The van der Waals surface area contributed by atoms with Crippen molar-refractivity contribution >= 4 is 5.78 Å². The minimum Gasteiger partial charge on any atom is -0.290 e. The molecule has 100 valence electrons. The fraction of sp³-hybridized carbons (Fsp3) is 0.462. The second-order valence-corrected chi connectivity index (χ2v) is 4.94. The standard InChI is InChI=1S/C13H14F4O/c1-8-6-9(14)4-5-10(8)12(2,3)7-11(18)13(15,16)17/h4-6H,7H2,1-3H3. The molecule has 0 radical (unpaired) electrons. The average molecular weight is 262 g/mol. The van der Waals surface area contributed by atoms with Crippen LogP contribution in [-0.4, -0.2) is 12.0 Å². The zero-order valence-corrected chi connectivity index (χ0v) is 10.4. The Morgan fingerprint density at radius 1 is 1.22 bits per heavy atom. The van der Waals surface area contributed by atoms with Crippen molar-refractivity contribution in [3.8, 4) is 0 Å². The highest BCUT2D eigenvalue weighted by atomic mass is 19.4. The maximum Gasteiger partial charge on any atom is 0.450 e. The predicted octanol–water partition coefficient (Wildman–Crippen LogP) is 3.93. The minimum absolute atomic E-state index is 0.450. The first kappa shape index (κ1) is 14.7. The number of hydrogen-bond acceptors (Lipinski definition) is 1. The zero-order chi connectivity index (χ0) is 14.1. The van der Waals surface area contributed by atoms with E-state index in [9.17, 15) is 22.4 Å². The van der Waals surface area contributed by atoms with Crippen molar-refractivity contribution in [2.24, 2.45) is 0 Å². The number of aryl methyl sites for hydroxylation is 1. The molecule has 1 rings (SSSR count). The molecular weight excluding hydrogens is 248 g/mol. The molecule has 0 aliphatic carbocycles. The van der Waals surface area contributed by atoms with E-state index in [0.717, 1.165) is 0 Å². The van der Waals surface area contributed by atoms with E-state index < -0.39 is 29.6 Å². The number of carbonyl (C=O) groups excluding carboxylic acids is 1. The number of rotatable bonds is 3. The van der Waals surface area contributed by atoms with Crippen molar-refractivity contribution in [2.75, 3.05) is 0 Å². The Balaban J connectivity index is 3.03. The van der Waals surface area contributed by atoms with Crippen LogP contribution in [0, 0.1) is 12.7 Å². The molecule has 0 fully saturated rings. The van der Waals surface area contributed by atoms with E-state index in [2.05, 4.69) is 0 Å². The number of Topliss-reactive ketones (excluding diaryl/α,β-unsaturated/α-hetero) is 1. The summed E-state index contributed by atoms with van der Waals surface area (Å²) in [6.07, 6.45) is -5.48. The van der Waals surface area contributed by atoms with Crippen LogP contribution in [-0.2, 0) is 10.2 Å². The van der Waals surface area contributed by atoms with Crippen LogP contribution in [0.1, 0.15) is 31.4 Å². The van der Waals surface area contributed by atoms with Crippen LogP contribution >= 0.6 is 0 Å². The summed E-state index contributed by atoms with van der Waals surface area (Å²) < 4.78 is 49.7. The molecule has 18 heavy (non-hydrogen) atoms. The summed E-state index contributed by atoms with van der Waals surface area (Å²) in [6.45, 7) is 4.69. The first-order valence-corrected chi connectivity index (χ1v) is 5.41. The van der Waals surface area contributed by atoms with Crippen molar-refractivity contribution in [1.82, 2.24) is 0 Å². The van der Waals surface area contributed by atoms with Crippen LogP contribution in [0.25, 0.3) is 0 Å². The molecule has 1 aromatic rings. The van der Waals surface area contributed by atoms with Gasteiger partial charge in [0.25, 0.3) is 0 Å². The third-order valence-corrected chi connectivity index (χ3v) is 2.84. The van der Waals surface area contributed by atoms with Crippen molar-refractivity contribution in [1.29, 1.82) is 0 Å². The Bertz CT molecular complexity index is 461. The third kappa shape index (κ3) is 3.31. The smallest absolute Gasteiger partial charge is 0.290 e. The van der Waals surface area contributed by atoms with E-state index in [1.54, 1.807) is 6.92 Å². The zero-order valence-electron chi connectivity index (χ0n) is 10.4. The fourth-order valence-electron chi connectivity index (χ4n) is 1.98. The van der Waals surface area contributed by atoms with Gasteiger partial charge >= 0.3 is 6.18 Å². The molecule has 0 unspecified atom stereocenters. The van der Waals surface area contributed by atoms with Gasteiger partial charge in [0.05, 0.1) is 0 Å². The van der Waals surface area contributed by atoms with E-state index in [-0.39, 0.29) is 0 Å². The van der Waals surface area contributed by atoms with Crippen molar-refractivity contribution in [3.05, 3.63) is 35.1 Å². The van der Waals surface area contributed by atoms with Gasteiger partial charge in [-0.3, -0.25) is 4.79 Å². The van der Waals surface area contributed by atoms with Crippen LogP contribution in [0.4, 0.5) is 17.6 Å². The quantitative estimate of drug-likeness (QED) is 0.754. The van der Waals surface area contributed by atoms with Crippen molar-refractivity contribution in [3.63, 3.8) is 0 Å². The number of ketones is 1. The molecule has 0 heterocycles. The second-order valence-electron chi connectivity index (χ2n) is 4.94. The normalized spacial score (nSPS) is 12.6. The Morgan fingerprint density at radius 2 is 1.78 bits per heavy atom. The highest BCUT2D eigenvalue weighted by molar-refractivity contribution is 5.85. The van der Waals surface area contributed by atoms with Gasteiger partial charge in [0.1, 0.15) is 5.82 Å². The Hall–Kier alpha value is -1.39. The summed E-state index contributed by atoms with van der Waals surface area (Å²) in [5.74, 6) is -2.22. The molecule has 0 N–H and O–H groups in total.